The molecule has 1 fully saturated rings. The summed E-state index contributed by atoms with van der Waals surface area (Å²) in [7, 11) is 0. The maximum atomic E-state index is 9.72. The fraction of sp³-hybridized carbons (Fsp3) is 0.667. The van der Waals surface area contributed by atoms with E-state index in [9.17, 15) is 5.11 Å². The largest absolute Gasteiger partial charge is 0.393 e. The van der Waals surface area contributed by atoms with E-state index >= 15 is 0 Å². The molecule has 2 atom stereocenters. The fourth-order valence-corrected chi connectivity index (χ4v) is 3.57. The Hall–Kier alpha value is -0.0500. The number of thiophene rings is 1. The Morgan fingerprint density at radius 3 is 2.87 bits per heavy atom. The summed E-state index contributed by atoms with van der Waals surface area (Å²) in [6, 6.07) is 4.08. The van der Waals surface area contributed by atoms with Crippen LogP contribution >= 0.6 is 22.9 Å². The standard InChI is InChI=1S/C12H17ClOS/c13-12-6-5-11(15-12)8-9-3-1-2-4-10(14)7-9/h5-6,9-10,14H,1-4,7-8H2. The van der Waals surface area contributed by atoms with Crippen LogP contribution in [-0.2, 0) is 6.42 Å². The van der Waals surface area contributed by atoms with Crippen LogP contribution in [0.15, 0.2) is 12.1 Å². The number of rotatable bonds is 2. The van der Waals surface area contributed by atoms with Gasteiger partial charge in [0.05, 0.1) is 10.4 Å². The first kappa shape index (κ1) is 11.4. The Morgan fingerprint density at radius 1 is 1.33 bits per heavy atom. The van der Waals surface area contributed by atoms with Crippen molar-refractivity contribution in [2.45, 2.75) is 44.6 Å². The van der Waals surface area contributed by atoms with Crippen molar-refractivity contribution in [3.8, 4) is 0 Å². The van der Waals surface area contributed by atoms with E-state index in [2.05, 4.69) is 6.07 Å². The lowest BCUT2D eigenvalue weighted by atomic mass is 9.95. The molecule has 2 rings (SSSR count). The maximum Gasteiger partial charge on any atom is 0.0931 e. The van der Waals surface area contributed by atoms with Gasteiger partial charge in [0, 0.05) is 4.88 Å². The summed E-state index contributed by atoms with van der Waals surface area (Å²) in [5.74, 6) is 0.650. The van der Waals surface area contributed by atoms with Gasteiger partial charge in [0.25, 0.3) is 0 Å². The third-order valence-electron chi connectivity index (χ3n) is 3.12. The summed E-state index contributed by atoms with van der Waals surface area (Å²) in [6.45, 7) is 0. The predicted molar refractivity (Wildman–Crippen MR) is 65.6 cm³/mol. The Kier molecular flexibility index (Phi) is 4.06. The highest BCUT2D eigenvalue weighted by Crippen LogP contribution is 2.30. The summed E-state index contributed by atoms with van der Waals surface area (Å²) >= 11 is 7.58. The van der Waals surface area contributed by atoms with Crippen LogP contribution in [-0.4, -0.2) is 11.2 Å². The van der Waals surface area contributed by atoms with Crippen LogP contribution in [0.2, 0.25) is 4.34 Å². The molecule has 1 aliphatic rings. The van der Waals surface area contributed by atoms with Gasteiger partial charge in [0.2, 0.25) is 0 Å². The average Bonchev–Trinajstić information content (AvgIpc) is 2.46. The van der Waals surface area contributed by atoms with E-state index in [1.165, 1.54) is 24.1 Å². The van der Waals surface area contributed by atoms with Crippen molar-refractivity contribution in [3.63, 3.8) is 0 Å². The zero-order chi connectivity index (χ0) is 10.7. The zero-order valence-electron chi connectivity index (χ0n) is 8.79. The minimum atomic E-state index is -0.0760. The van der Waals surface area contributed by atoms with E-state index in [4.69, 9.17) is 11.6 Å². The Bertz CT molecular complexity index is 310. The van der Waals surface area contributed by atoms with Crippen LogP contribution in [0.3, 0.4) is 0 Å². The molecule has 84 valence electrons. The molecule has 1 N–H and O–H groups in total. The van der Waals surface area contributed by atoms with Crippen LogP contribution in [0.25, 0.3) is 0 Å². The van der Waals surface area contributed by atoms with E-state index in [-0.39, 0.29) is 6.10 Å². The molecule has 0 aromatic carbocycles. The summed E-state index contributed by atoms with van der Waals surface area (Å²) in [5.41, 5.74) is 0. The minimum Gasteiger partial charge on any atom is -0.393 e. The lowest BCUT2D eigenvalue weighted by Gasteiger charge is -2.15. The summed E-state index contributed by atoms with van der Waals surface area (Å²) < 4.78 is 0.874. The van der Waals surface area contributed by atoms with E-state index in [1.807, 2.05) is 6.07 Å². The SMILES string of the molecule is OC1CCCCC(Cc2ccc(Cl)s2)C1. The third kappa shape index (κ3) is 3.47. The molecule has 15 heavy (non-hydrogen) atoms. The number of hydrogen-bond donors (Lipinski definition) is 1. The normalized spacial score (nSPS) is 27.6. The Balaban J connectivity index is 1.92. The van der Waals surface area contributed by atoms with Crippen LogP contribution in [0.5, 0.6) is 0 Å². The van der Waals surface area contributed by atoms with Crippen LogP contribution in [0, 0.1) is 5.92 Å². The van der Waals surface area contributed by atoms with E-state index in [0.29, 0.717) is 5.92 Å². The predicted octanol–water partition coefficient (Wildman–Crippen LogP) is 3.89. The molecule has 2 unspecified atom stereocenters. The van der Waals surface area contributed by atoms with Gasteiger partial charge >= 0.3 is 0 Å². The van der Waals surface area contributed by atoms with E-state index in [1.54, 1.807) is 11.3 Å². The van der Waals surface area contributed by atoms with Crippen molar-refractivity contribution in [2.75, 3.05) is 0 Å². The molecular formula is C12H17ClOS. The molecule has 0 saturated heterocycles. The van der Waals surface area contributed by atoms with Gasteiger partial charge in [-0.1, -0.05) is 30.9 Å². The van der Waals surface area contributed by atoms with Crippen LogP contribution in [0.1, 0.15) is 37.0 Å². The molecule has 0 radical (unpaired) electrons. The van der Waals surface area contributed by atoms with Crippen molar-refractivity contribution in [1.29, 1.82) is 0 Å². The second kappa shape index (κ2) is 5.33. The molecule has 1 aromatic heterocycles. The maximum absolute atomic E-state index is 9.72. The first-order chi connectivity index (χ1) is 7.24. The summed E-state index contributed by atoms with van der Waals surface area (Å²) in [4.78, 5) is 1.36. The summed E-state index contributed by atoms with van der Waals surface area (Å²) in [6.07, 6.45) is 6.68. The van der Waals surface area contributed by atoms with Gasteiger partial charge in [-0.3, -0.25) is 0 Å². The van der Waals surface area contributed by atoms with Crippen molar-refractivity contribution >= 4 is 22.9 Å². The third-order valence-corrected chi connectivity index (χ3v) is 4.38. The second-order valence-electron chi connectivity index (χ2n) is 4.45. The monoisotopic (exact) mass is 244 g/mol. The highest BCUT2D eigenvalue weighted by molar-refractivity contribution is 7.16. The number of aliphatic hydroxyl groups excluding tert-OH is 1. The van der Waals surface area contributed by atoms with Gasteiger partial charge in [-0.05, 0) is 37.3 Å². The highest BCUT2D eigenvalue weighted by Gasteiger charge is 2.19. The molecule has 1 aromatic rings. The van der Waals surface area contributed by atoms with Crippen molar-refractivity contribution in [2.24, 2.45) is 5.92 Å². The molecule has 0 spiro atoms. The van der Waals surface area contributed by atoms with Gasteiger partial charge in [-0.15, -0.1) is 11.3 Å². The molecule has 1 heterocycles. The quantitative estimate of drug-likeness (QED) is 0.783. The Labute approximate surface area is 100 Å². The molecule has 1 nitrogen and oxygen atoms in total. The van der Waals surface area contributed by atoms with Gasteiger partial charge in [0.1, 0.15) is 0 Å². The van der Waals surface area contributed by atoms with Gasteiger partial charge in [0.15, 0.2) is 0 Å². The lowest BCUT2D eigenvalue weighted by molar-refractivity contribution is 0.141. The molecule has 1 aliphatic carbocycles. The van der Waals surface area contributed by atoms with Gasteiger partial charge in [-0.25, -0.2) is 0 Å². The molecular weight excluding hydrogens is 228 g/mol. The molecule has 1 saturated carbocycles. The van der Waals surface area contributed by atoms with E-state index in [0.717, 1.165) is 23.6 Å². The minimum absolute atomic E-state index is 0.0760. The zero-order valence-corrected chi connectivity index (χ0v) is 10.4. The van der Waals surface area contributed by atoms with Crippen LogP contribution < -0.4 is 0 Å². The fourth-order valence-electron chi connectivity index (χ4n) is 2.36. The number of hydrogen-bond acceptors (Lipinski definition) is 2. The van der Waals surface area contributed by atoms with Crippen molar-refractivity contribution in [3.05, 3.63) is 21.3 Å². The molecule has 0 aliphatic heterocycles. The number of halogens is 1. The molecule has 0 amide bonds. The topological polar surface area (TPSA) is 20.2 Å². The van der Waals surface area contributed by atoms with Gasteiger partial charge in [-0.2, -0.15) is 0 Å². The molecule has 0 bridgehead atoms. The average molecular weight is 245 g/mol. The van der Waals surface area contributed by atoms with Crippen LogP contribution in [0.4, 0.5) is 0 Å². The smallest absolute Gasteiger partial charge is 0.0931 e. The number of aliphatic hydroxyl groups is 1. The second-order valence-corrected chi connectivity index (χ2v) is 6.25. The summed E-state index contributed by atoms with van der Waals surface area (Å²) in [5, 5.41) is 9.72. The first-order valence-corrected chi connectivity index (χ1v) is 6.86. The molecule has 3 heteroatoms. The van der Waals surface area contributed by atoms with E-state index < -0.39 is 0 Å². The highest BCUT2D eigenvalue weighted by atomic mass is 35.5. The van der Waals surface area contributed by atoms with Gasteiger partial charge < -0.3 is 5.11 Å². The van der Waals surface area contributed by atoms with Crippen molar-refractivity contribution in [1.82, 2.24) is 0 Å². The lowest BCUT2D eigenvalue weighted by Crippen LogP contribution is -2.12. The first-order valence-electron chi connectivity index (χ1n) is 5.66. The van der Waals surface area contributed by atoms with Crippen molar-refractivity contribution < 1.29 is 5.11 Å². The Morgan fingerprint density at radius 2 is 2.13 bits per heavy atom.